The molecule has 0 radical (unpaired) electrons. The van der Waals surface area contributed by atoms with E-state index in [9.17, 15) is 9.59 Å². The second-order valence-electron chi connectivity index (χ2n) is 4.66. The molecule has 2 N–H and O–H groups in total. The topological polar surface area (TPSA) is 74.6 Å². The summed E-state index contributed by atoms with van der Waals surface area (Å²) in [4.78, 5) is 21.8. The molecule has 98 valence electrons. The van der Waals surface area contributed by atoms with Crippen molar-refractivity contribution in [3.8, 4) is 0 Å². The number of carboxylic acids is 2. The Morgan fingerprint density at radius 3 is 2.12 bits per heavy atom. The number of carboxylic acid groups (broad SMARTS) is 2. The van der Waals surface area contributed by atoms with Crippen molar-refractivity contribution in [3.63, 3.8) is 0 Å². The van der Waals surface area contributed by atoms with Gasteiger partial charge in [-0.2, -0.15) is 0 Å². The highest BCUT2D eigenvalue weighted by molar-refractivity contribution is 6.56. The lowest BCUT2D eigenvalue weighted by Gasteiger charge is -2.13. The number of unbranched alkanes of at least 4 members (excludes halogenated alkanes) is 1. The van der Waals surface area contributed by atoms with Crippen LogP contribution in [0.15, 0.2) is 11.1 Å². The number of hydrogen-bond donors (Lipinski definition) is 2. The monoisotopic (exact) mass is 258 g/mol. The third kappa shape index (κ3) is 6.94. The SMILES string of the molecule is CCCCC(C[SiH](C)C)=C(CC(=O)O)C(=O)O. The van der Waals surface area contributed by atoms with Crippen LogP contribution < -0.4 is 0 Å². The van der Waals surface area contributed by atoms with Gasteiger partial charge in [0.25, 0.3) is 0 Å². The van der Waals surface area contributed by atoms with Gasteiger partial charge in [0.05, 0.1) is 6.42 Å². The van der Waals surface area contributed by atoms with Gasteiger partial charge in [-0.1, -0.05) is 32.0 Å². The molecule has 0 heterocycles. The Labute approximate surface area is 104 Å². The smallest absolute Gasteiger partial charge is 0.332 e. The van der Waals surface area contributed by atoms with Crippen LogP contribution in [-0.2, 0) is 9.59 Å². The van der Waals surface area contributed by atoms with Crippen LogP contribution in [0.3, 0.4) is 0 Å². The molecule has 0 saturated heterocycles. The highest BCUT2D eigenvalue weighted by Gasteiger charge is 2.18. The number of carbonyl (C=O) groups is 2. The molecule has 0 aromatic rings. The summed E-state index contributed by atoms with van der Waals surface area (Å²) in [5.41, 5.74) is 0.954. The molecule has 0 bridgehead atoms. The van der Waals surface area contributed by atoms with E-state index in [1.165, 1.54) is 0 Å². The number of rotatable bonds is 8. The molecule has 0 aliphatic heterocycles. The zero-order valence-corrected chi connectivity index (χ0v) is 12.0. The lowest BCUT2D eigenvalue weighted by molar-refractivity contribution is -0.139. The van der Waals surface area contributed by atoms with Crippen molar-refractivity contribution in [2.45, 2.75) is 51.7 Å². The molecule has 0 rings (SSSR count). The van der Waals surface area contributed by atoms with Crippen molar-refractivity contribution in [2.24, 2.45) is 0 Å². The molecule has 0 aromatic carbocycles. The predicted molar refractivity (Wildman–Crippen MR) is 70.1 cm³/mol. The van der Waals surface area contributed by atoms with Crippen LogP contribution in [0.25, 0.3) is 0 Å². The van der Waals surface area contributed by atoms with E-state index < -0.39 is 20.7 Å². The molecule has 0 spiro atoms. The Morgan fingerprint density at radius 1 is 1.18 bits per heavy atom. The molecule has 0 fully saturated rings. The first kappa shape index (κ1) is 15.9. The van der Waals surface area contributed by atoms with E-state index >= 15 is 0 Å². The maximum absolute atomic E-state index is 11.1. The molecular weight excluding hydrogens is 236 g/mol. The van der Waals surface area contributed by atoms with E-state index in [1.54, 1.807) is 0 Å². The molecule has 4 nitrogen and oxygen atoms in total. The lowest BCUT2D eigenvalue weighted by Crippen LogP contribution is -2.13. The summed E-state index contributed by atoms with van der Waals surface area (Å²) in [6.07, 6.45) is 2.27. The van der Waals surface area contributed by atoms with Crippen molar-refractivity contribution < 1.29 is 19.8 Å². The Hall–Kier alpha value is -1.10. The van der Waals surface area contributed by atoms with Crippen LogP contribution >= 0.6 is 0 Å². The third-order valence-corrected chi connectivity index (χ3v) is 3.81. The van der Waals surface area contributed by atoms with E-state index in [1.807, 2.05) is 6.92 Å². The molecular formula is C12H22O4Si. The molecule has 0 aromatic heterocycles. The second kappa shape index (κ2) is 8.06. The molecule has 5 heteroatoms. The Balaban J connectivity index is 5.07. The predicted octanol–water partition coefficient (Wildman–Crippen LogP) is 2.52. The van der Waals surface area contributed by atoms with Crippen molar-refractivity contribution in [3.05, 3.63) is 11.1 Å². The van der Waals surface area contributed by atoms with Crippen LogP contribution in [0.5, 0.6) is 0 Å². The minimum atomic E-state index is -1.08. The van der Waals surface area contributed by atoms with E-state index in [0.717, 1.165) is 30.9 Å². The van der Waals surface area contributed by atoms with E-state index in [4.69, 9.17) is 10.2 Å². The highest BCUT2D eigenvalue weighted by Crippen LogP contribution is 2.21. The first-order valence-electron chi connectivity index (χ1n) is 6.04. The van der Waals surface area contributed by atoms with Gasteiger partial charge >= 0.3 is 11.9 Å². The first-order valence-corrected chi connectivity index (χ1v) is 9.17. The minimum Gasteiger partial charge on any atom is -0.481 e. The minimum absolute atomic E-state index is 0.104. The number of hydrogen-bond acceptors (Lipinski definition) is 2. The fourth-order valence-corrected chi connectivity index (χ4v) is 3.20. The summed E-state index contributed by atoms with van der Waals surface area (Å²) in [5.74, 6) is -2.14. The maximum atomic E-state index is 11.1. The molecule has 0 atom stereocenters. The van der Waals surface area contributed by atoms with Gasteiger partial charge in [-0.3, -0.25) is 4.79 Å². The van der Waals surface area contributed by atoms with Crippen LogP contribution in [0.1, 0.15) is 32.6 Å². The quantitative estimate of drug-likeness (QED) is 0.518. The summed E-state index contributed by atoms with van der Waals surface area (Å²) in [7, 11) is -0.928. The van der Waals surface area contributed by atoms with E-state index in [0.29, 0.717) is 0 Å². The zero-order valence-electron chi connectivity index (χ0n) is 10.8. The lowest BCUT2D eigenvalue weighted by atomic mass is 10.0. The van der Waals surface area contributed by atoms with Gasteiger partial charge in [0, 0.05) is 14.4 Å². The summed E-state index contributed by atoms with van der Waals surface area (Å²) in [6.45, 7) is 6.33. The Bertz CT molecular complexity index is 308. The largest absolute Gasteiger partial charge is 0.481 e. The van der Waals surface area contributed by atoms with Gasteiger partial charge in [-0.15, -0.1) is 0 Å². The third-order valence-electron chi connectivity index (χ3n) is 2.50. The molecule has 0 unspecified atom stereocenters. The van der Waals surface area contributed by atoms with Crippen molar-refractivity contribution in [1.82, 2.24) is 0 Å². The van der Waals surface area contributed by atoms with Gasteiger partial charge < -0.3 is 10.2 Å². The van der Waals surface area contributed by atoms with Gasteiger partial charge in [0.15, 0.2) is 0 Å². The fourth-order valence-electron chi connectivity index (χ4n) is 1.76. The van der Waals surface area contributed by atoms with Crippen LogP contribution in [0.2, 0.25) is 19.1 Å². The molecule has 0 amide bonds. The van der Waals surface area contributed by atoms with E-state index in [-0.39, 0.29) is 12.0 Å². The highest BCUT2D eigenvalue weighted by atomic mass is 28.3. The molecule has 0 aliphatic carbocycles. The molecule has 17 heavy (non-hydrogen) atoms. The van der Waals surface area contributed by atoms with Gasteiger partial charge in [0.1, 0.15) is 0 Å². The van der Waals surface area contributed by atoms with Gasteiger partial charge in [-0.05, 0) is 18.9 Å². The van der Waals surface area contributed by atoms with Crippen molar-refractivity contribution >= 4 is 20.7 Å². The average Bonchev–Trinajstić information content (AvgIpc) is 2.19. The Morgan fingerprint density at radius 2 is 1.76 bits per heavy atom. The summed E-state index contributed by atoms with van der Waals surface area (Å²) < 4.78 is 0. The second-order valence-corrected chi connectivity index (χ2v) is 7.86. The summed E-state index contributed by atoms with van der Waals surface area (Å²) in [6, 6.07) is 0.801. The van der Waals surface area contributed by atoms with Gasteiger partial charge in [0.2, 0.25) is 0 Å². The summed E-state index contributed by atoms with van der Waals surface area (Å²) >= 11 is 0. The van der Waals surface area contributed by atoms with Crippen LogP contribution in [0.4, 0.5) is 0 Å². The number of aliphatic carboxylic acids is 2. The Kier molecular flexibility index (Phi) is 7.53. The van der Waals surface area contributed by atoms with Crippen molar-refractivity contribution in [2.75, 3.05) is 0 Å². The summed E-state index contributed by atoms with van der Waals surface area (Å²) in [5, 5.41) is 17.9. The first-order chi connectivity index (χ1) is 7.88. The van der Waals surface area contributed by atoms with E-state index in [2.05, 4.69) is 13.1 Å². The molecule has 0 saturated carbocycles. The van der Waals surface area contributed by atoms with Crippen molar-refractivity contribution in [1.29, 1.82) is 0 Å². The number of allylic oxidation sites excluding steroid dienone is 1. The zero-order chi connectivity index (χ0) is 13.4. The average molecular weight is 258 g/mol. The molecule has 0 aliphatic rings. The normalized spacial score (nSPS) is 12.5. The standard InChI is InChI=1S/C12H22O4Si/c1-4-5-6-9(8-17(2)3)10(12(15)16)7-11(13)14/h17H,4-8H2,1-3H3,(H,13,14)(H,15,16). The maximum Gasteiger partial charge on any atom is 0.332 e. The van der Waals surface area contributed by atoms with Gasteiger partial charge in [-0.25, -0.2) is 4.79 Å². The van der Waals surface area contributed by atoms with Crippen LogP contribution in [-0.4, -0.2) is 30.9 Å². The van der Waals surface area contributed by atoms with Crippen LogP contribution in [0, 0.1) is 0 Å². The fraction of sp³-hybridized carbons (Fsp3) is 0.667.